The van der Waals surface area contributed by atoms with Crippen molar-refractivity contribution in [2.24, 2.45) is 0 Å². The summed E-state index contributed by atoms with van der Waals surface area (Å²) in [6, 6.07) is 21.6. The summed E-state index contributed by atoms with van der Waals surface area (Å²) >= 11 is 0. The van der Waals surface area contributed by atoms with E-state index in [1.54, 1.807) is 0 Å². The molecule has 2 amide bonds. The second kappa shape index (κ2) is 8.90. The maximum atomic E-state index is 14.1. The lowest BCUT2D eigenvalue weighted by molar-refractivity contribution is 0.0957. The summed E-state index contributed by atoms with van der Waals surface area (Å²) in [7, 11) is 1.43. The number of para-hydroxylation sites is 1. The number of allylic oxidation sites excluding steroid dienone is 1. The Morgan fingerprint density at radius 3 is 2.50 bits per heavy atom. The highest BCUT2D eigenvalue weighted by Gasteiger charge is 2.27. The summed E-state index contributed by atoms with van der Waals surface area (Å²) < 4.78 is 14.1. The van der Waals surface area contributed by atoms with Gasteiger partial charge in [0.05, 0.1) is 22.3 Å². The van der Waals surface area contributed by atoms with Crippen LogP contribution in [0.3, 0.4) is 0 Å². The SMILES string of the molecule is CNC(=O)c1cc(NC(=O)c2c3c(nc4ccccc24)/C(=C\c2ccccc2)CC3)ccc1F. The molecule has 1 aromatic heterocycles. The number of carbonyl (C=O) groups is 2. The van der Waals surface area contributed by atoms with Gasteiger partial charge in [0, 0.05) is 18.1 Å². The van der Waals surface area contributed by atoms with Crippen LogP contribution in [0.25, 0.3) is 22.6 Å². The highest BCUT2D eigenvalue weighted by molar-refractivity contribution is 6.15. The molecule has 0 saturated heterocycles. The Morgan fingerprint density at radius 2 is 1.71 bits per heavy atom. The van der Waals surface area contributed by atoms with Crippen molar-refractivity contribution in [1.82, 2.24) is 10.3 Å². The minimum absolute atomic E-state index is 0.127. The number of hydrogen-bond donors (Lipinski definition) is 2. The van der Waals surface area contributed by atoms with Gasteiger partial charge in [-0.05, 0) is 59.9 Å². The van der Waals surface area contributed by atoms with Crippen molar-refractivity contribution in [1.29, 1.82) is 0 Å². The van der Waals surface area contributed by atoms with Crippen LogP contribution in [0.1, 0.15) is 44.0 Å². The number of rotatable bonds is 4. The molecule has 34 heavy (non-hydrogen) atoms. The fourth-order valence-electron chi connectivity index (χ4n) is 4.39. The van der Waals surface area contributed by atoms with Crippen molar-refractivity contribution in [3.63, 3.8) is 0 Å². The number of nitrogens with zero attached hydrogens (tertiary/aromatic N) is 1. The smallest absolute Gasteiger partial charge is 0.256 e. The summed E-state index contributed by atoms with van der Waals surface area (Å²) in [5, 5.41) is 6.03. The monoisotopic (exact) mass is 451 g/mol. The van der Waals surface area contributed by atoms with Gasteiger partial charge in [0.15, 0.2) is 0 Å². The maximum absolute atomic E-state index is 14.1. The van der Waals surface area contributed by atoms with E-state index in [2.05, 4.69) is 16.7 Å². The minimum atomic E-state index is -0.650. The van der Waals surface area contributed by atoms with Crippen LogP contribution in [0, 0.1) is 5.82 Å². The molecular weight excluding hydrogens is 429 g/mol. The highest BCUT2D eigenvalue weighted by atomic mass is 19.1. The lowest BCUT2D eigenvalue weighted by Crippen LogP contribution is -2.20. The number of pyridine rings is 1. The fraction of sp³-hybridized carbons (Fsp3) is 0.107. The number of hydrogen-bond acceptors (Lipinski definition) is 3. The van der Waals surface area contributed by atoms with Gasteiger partial charge in [-0.1, -0.05) is 48.5 Å². The van der Waals surface area contributed by atoms with E-state index in [9.17, 15) is 14.0 Å². The van der Waals surface area contributed by atoms with Crippen LogP contribution in [0.5, 0.6) is 0 Å². The lowest BCUT2D eigenvalue weighted by Gasteiger charge is -2.14. The fourth-order valence-corrected chi connectivity index (χ4v) is 4.39. The molecule has 1 heterocycles. The second-order valence-electron chi connectivity index (χ2n) is 8.14. The van der Waals surface area contributed by atoms with Crippen molar-refractivity contribution in [3.05, 3.63) is 107 Å². The van der Waals surface area contributed by atoms with Crippen LogP contribution in [0.2, 0.25) is 0 Å². The molecule has 1 aliphatic carbocycles. The molecule has 0 radical (unpaired) electrons. The zero-order chi connectivity index (χ0) is 23.7. The van der Waals surface area contributed by atoms with Crippen molar-refractivity contribution in [2.45, 2.75) is 12.8 Å². The number of halogens is 1. The first kappa shape index (κ1) is 21.5. The zero-order valence-electron chi connectivity index (χ0n) is 18.6. The predicted molar refractivity (Wildman–Crippen MR) is 132 cm³/mol. The van der Waals surface area contributed by atoms with E-state index in [0.717, 1.165) is 39.7 Å². The third-order valence-electron chi connectivity index (χ3n) is 6.01. The quantitative estimate of drug-likeness (QED) is 0.432. The van der Waals surface area contributed by atoms with Crippen LogP contribution in [-0.2, 0) is 6.42 Å². The number of amides is 2. The molecule has 0 saturated carbocycles. The largest absolute Gasteiger partial charge is 0.355 e. The van der Waals surface area contributed by atoms with E-state index in [0.29, 0.717) is 17.7 Å². The molecule has 0 aliphatic heterocycles. The Bertz CT molecular complexity index is 1460. The van der Waals surface area contributed by atoms with Gasteiger partial charge in [-0.25, -0.2) is 9.37 Å². The summed E-state index contributed by atoms with van der Waals surface area (Å²) in [5.74, 6) is -1.52. The van der Waals surface area contributed by atoms with Crippen molar-refractivity contribution in [3.8, 4) is 0 Å². The van der Waals surface area contributed by atoms with Gasteiger partial charge in [0.25, 0.3) is 11.8 Å². The van der Waals surface area contributed by atoms with E-state index in [1.165, 1.54) is 25.2 Å². The Labute approximate surface area is 196 Å². The molecule has 0 fully saturated rings. The third kappa shape index (κ3) is 3.94. The van der Waals surface area contributed by atoms with E-state index in [4.69, 9.17) is 4.98 Å². The molecular formula is C28H22FN3O2. The lowest BCUT2D eigenvalue weighted by atomic mass is 9.99. The van der Waals surface area contributed by atoms with Crippen LogP contribution < -0.4 is 10.6 Å². The van der Waals surface area contributed by atoms with Gasteiger partial charge >= 0.3 is 0 Å². The second-order valence-corrected chi connectivity index (χ2v) is 8.14. The molecule has 4 aromatic rings. The Balaban J connectivity index is 1.59. The zero-order valence-corrected chi connectivity index (χ0v) is 18.6. The van der Waals surface area contributed by atoms with Gasteiger partial charge in [-0.15, -0.1) is 0 Å². The number of carbonyl (C=O) groups excluding carboxylic acids is 2. The predicted octanol–water partition coefficient (Wildman–Crippen LogP) is 5.47. The highest BCUT2D eigenvalue weighted by Crippen LogP contribution is 2.37. The van der Waals surface area contributed by atoms with Crippen molar-refractivity contribution < 1.29 is 14.0 Å². The summed E-state index contributed by atoms with van der Waals surface area (Å²) in [6.45, 7) is 0. The van der Waals surface area contributed by atoms with E-state index < -0.39 is 11.7 Å². The molecule has 1 aliphatic rings. The first-order chi connectivity index (χ1) is 16.5. The van der Waals surface area contributed by atoms with E-state index in [1.807, 2.05) is 54.6 Å². The molecule has 3 aromatic carbocycles. The van der Waals surface area contributed by atoms with Crippen molar-refractivity contribution >= 4 is 40.1 Å². The van der Waals surface area contributed by atoms with Gasteiger partial charge < -0.3 is 10.6 Å². The van der Waals surface area contributed by atoms with Crippen LogP contribution in [0.15, 0.2) is 72.8 Å². The Kier molecular flexibility index (Phi) is 5.64. The topological polar surface area (TPSA) is 71.1 Å². The maximum Gasteiger partial charge on any atom is 0.256 e. The molecule has 0 unspecified atom stereocenters. The van der Waals surface area contributed by atoms with E-state index >= 15 is 0 Å². The molecule has 5 rings (SSSR count). The van der Waals surface area contributed by atoms with Crippen LogP contribution >= 0.6 is 0 Å². The number of aromatic nitrogens is 1. The van der Waals surface area contributed by atoms with Crippen LogP contribution in [-0.4, -0.2) is 23.8 Å². The standard InChI is InChI=1S/C28H22FN3O2/c1-30-27(33)22-16-19(12-14-23(22)29)31-28(34)25-20-9-5-6-10-24(20)32-26-18(11-13-21(25)26)15-17-7-3-2-4-8-17/h2-10,12,14-16H,11,13H2,1H3,(H,30,33)(H,31,34)/b18-15-. The number of fused-ring (bicyclic) bond motifs is 2. The summed E-state index contributed by atoms with van der Waals surface area (Å²) in [5.41, 5.74) is 5.41. The molecule has 0 atom stereocenters. The third-order valence-corrected chi connectivity index (χ3v) is 6.01. The average Bonchev–Trinajstić information content (AvgIpc) is 3.25. The molecule has 0 bridgehead atoms. The molecule has 168 valence electrons. The molecule has 5 nitrogen and oxygen atoms in total. The molecule has 0 spiro atoms. The minimum Gasteiger partial charge on any atom is -0.355 e. The average molecular weight is 452 g/mol. The number of anilines is 1. The van der Waals surface area contributed by atoms with E-state index in [-0.39, 0.29) is 11.5 Å². The van der Waals surface area contributed by atoms with Gasteiger partial charge in [0.1, 0.15) is 5.82 Å². The Hall–Kier alpha value is -4.32. The number of benzene rings is 3. The van der Waals surface area contributed by atoms with Gasteiger partial charge in [0.2, 0.25) is 0 Å². The first-order valence-electron chi connectivity index (χ1n) is 11.1. The van der Waals surface area contributed by atoms with Crippen LogP contribution in [0.4, 0.5) is 10.1 Å². The number of nitrogens with one attached hydrogen (secondary N) is 2. The van der Waals surface area contributed by atoms with Gasteiger partial charge in [-0.3, -0.25) is 9.59 Å². The first-order valence-corrected chi connectivity index (χ1v) is 11.1. The molecule has 6 heteroatoms. The summed E-state index contributed by atoms with van der Waals surface area (Å²) in [6.07, 6.45) is 3.59. The normalized spacial score (nSPS) is 13.6. The molecule has 2 N–H and O–H groups in total. The van der Waals surface area contributed by atoms with Gasteiger partial charge in [-0.2, -0.15) is 0 Å². The Morgan fingerprint density at radius 1 is 0.941 bits per heavy atom. The summed E-state index contributed by atoms with van der Waals surface area (Å²) in [4.78, 5) is 30.4. The van der Waals surface area contributed by atoms with Crippen molar-refractivity contribution in [2.75, 3.05) is 12.4 Å².